The number of hydrogen-bond donors (Lipinski definition) is 0. The molecule has 2 fully saturated rings. The van der Waals surface area contributed by atoms with Crippen molar-refractivity contribution in [1.29, 1.82) is 0 Å². The summed E-state index contributed by atoms with van der Waals surface area (Å²) >= 11 is 3.49. The first-order valence-corrected chi connectivity index (χ1v) is 8.75. The van der Waals surface area contributed by atoms with Crippen LogP contribution in [0.2, 0.25) is 0 Å². The first-order chi connectivity index (χ1) is 10.8. The molecule has 0 N–H and O–H groups in total. The van der Waals surface area contributed by atoms with Gasteiger partial charge in [0.25, 0.3) is 0 Å². The zero-order valence-corrected chi connectivity index (χ0v) is 15.4. The molecule has 0 unspecified atom stereocenters. The van der Waals surface area contributed by atoms with Crippen LogP contribution in [0, 0.1) is 5.41 Å². The maximum absolute atomic E-state index is 12.6. The third kappa shape index (κ3) is 3.33. The van der Waals surface area contributed by atoms with Crippen molar-refractivity contribution in [1.82, 2.24) is 4.81 Å². The lowest BCUT2D eigenvalue weighted by Crippen LogP contribution is -2.59. The third-order valence-electron chi connectivity index (χ3n) is 4.19. The molecule has 1 aromatic carbocycles. The molecule has 2 saturated heterocycles. The van der Waals surface area contributed by atoms with Gasteiger partial charge in [-0.15, -0.1) is 5.46 Å². The zero-order valence-electron chi connectivity index (χ0n) is 13.8. The second-order valence-electron chi connectivity index (χ2n) is 7.32. The number of benzene rings is 1. The van der Waals surface area contributed by atoms with Crippen molar-refractivity contribution in [2.24, 2.45) is 5.41 Å². The molecule has 0 bridgehead atoms. The molecule has 7 heteroatoms. The maximum atomic E-state index is 12.6. The van der Waals surface area contributed by atoms with E-state index >= 15 is 0 Å². The molecule has 3 rings (SSSR count). The molecule has 5 nitrogen and oxygen atoms in total. The molecular formula is C16H22BBrNO4-. The second-order valence-corrected chi connectivity index (χ2v) is 8.23. The van der Waals surface area contributed by atoms with E-state index in [1.807, 2.05) is 32.9 Å². The van der Waals surface area contributed by atoms with Crippen LogP contribution in [0.4, 0.5) is 0 Å². The van der Waals surface area contributed by atoms with Gasteiger partial charge in [0.2, 0.25) is 0 Å². The summed E-state index contributed by atoms with van der Waals surface area (Å²) in [6.07, 6.45) is 0. The summed E-state index contributed by atoms with van der Waals surface area (Å²) in [4.78, 5) is 14.8. The number of esters is 1. The van der Waals surface area contributed by atoms with E-state index in [0.717, 1.165) is 23.0 Å². The van der Waals surface area contributed by atoms with Crippen LogP contribution in [-0.2, 0) is 14.0 Å². The standard InChI is InChI=1S/C16H22BBrNO4/c1-16(2,3)11-21-15(20)13-5-4-12(18)10-14(13)17-19(6-8-22-17)7-9-23-17/h4-5,10H,6-9,11H2,1-3H3/q-1. The third-order valence-corrected chi connectivity index (χ3v) is 4.68. The molecule has 23 heavy (non-hydrogen) atoms. The fourth-order valence-corrected chi connectivity index (χ4v) is 3.51. The van der Waals surface area contributed by atoms with Gasteiger partial charge in [0, 0.05) is 23.2 Å². The topological polar surface area (TPSA) is 48.0 Å². The zero-order chi connectivity index (χ0) is 16.7. The molecule has 1 aromatic rings. The van der Waals surface area contributed by atoms with E-state index in [1.54, 1.807) is 6.07 Å². The minimum Gasteiger partial charge on any atom is -0.550 e. The van der Waals surface area contributed by atoms with E-state index in [0.29, 0.717) is 25.4 Å². The number of carbonyl (C=O) groups excluding carboxylic acids is 1. The van der Waals surface area contributed by atoms with Crippen LogP contribution >= 0.6 is 15.9 Å². The van der Waals surface area contributed by atoms with E-state index in [9.17, 15) is 4.79 Å². The molecule has 0 atom stereocenters. The number of fused-ring (bicyclic) bond motifs is 1. The largest absolute Gasteiger partial charge is 0.550 e. The SMILES string of the molecule is CC(C)(C)COC(=O)c1ccc(Br)cc1[B-]12OCCN1CCO2. The Morgan fingerprint density at radius 3 is 2.57 bits per heavy atom. The van der Waals surface area contributed by atoms with Gasteiger partial charge >= 0.3 is 12.7 Å². The van der Waals surface area contributed by atoms with Crippen LogP contribution < -0.4 is 5.46 Å². The molecule has 0 radical (unpaired) electrons. The number of halogens is 1. The lowest BCUT2D eigenvalue weighted by molar-refractivity contribution is 0.0367. The van der Waals surface area contributed by atoms with E-state index < -0.39 is 6.69 Å². The highest BCUT2D eigenvalue weighted by Crippen LogP contribution is 2.27. The van der Waals surface area contributed by atoms with Crippen LogP contribution in [0.1, 0.15) is 31.1 Å². The van der Waals surface area contributed by atoms with Crippen LogP contribution in [0.25, 0.3) is 0 Å². The van der Waals surface area contributed by atoms with Gasteiger partial charge in [0.05, 0.1) is 6.61 Å². The van der Waals surface area contributed by atoms with Crippen molar-refractivity contribution < 1.29 is 18.8 Å². The predicted octanol–water partition coefficient (Wildman–Crippen LogP) is 2.16. The number of rotatable bonds is 3. The first kappa shape index (κ1) is 17.0. The fraction of sp³-hybridized carbons (Fsp3) is 0.562. The smallest absolute Gasteiger partial charge is 0.348 e. The fourth-order valence-electron chi connectivity index (χ4n) is 3.13. The predicted molar refractivity (Wildman–Crippen MR) is 92.7 cm³/mol. The summed E-state index contributed by atoms with van der Waals surface area (Å²) < 4.78 is 18.4. The molecule has 0 amide bonds. The summed E-state index contributed by atoms with van der Waals surface area (Å²) in [7, 11) is 0. The molecule has 0 saturated carbocycles. The summed E-state index contributed by atoms with van der Waals surface area (Å²) in [5.41, 5.74) is 1.22. The van der Waals surface area contributed by atoms with Gasteiger partial charge in [0.1, 0.15) is 0 Å². The Kier molecular flexibility index (Phi) is 4.57. The number of ether oxygens (including phenoxy) is 1. The molecule has 2 heterocycles. The lowest BCUT2D eigenvalue weighted by Gasteiger charge is -2.38. The molecular weight excluding hydrogens is 361 g/mol. The highest BCUT2D eigenvalue weighted by atomic mass is 79.9. The quantitative estimate of drug-likeness (QED) is 0.592. The van der Waals surface area contributed by atoms with Crippen molar-refractivity contribution >= 4 is 34.0 Å². The highest BCUT2D eigenvalue weighted by molar-refractivity contribution is 9.10. The Morgan fingerprint density at radius 1 is 1.30 bits per heavy atom. The van der Waals surface area contributed by atoms with Gasteiger partial charge in [-0.05, 0) is 30.6 Å². The minimum absolute atomic E-state index is 0.0750. The van der Waals surface area contributed by atoms with Gasteiger partial charge in [0.15, 0.2) is 0 Å². The summed E-state index contributed by atoms with van der Waals surface area (Å²) in [5.74, 6) is -0.329. The van der Waals surface area contributed by atoms with Crippen molar-refractivity contribution in [3.05, 3.63) is 28.2 Å². The molecule has 0 aliphatic carbocycles. The van der Waals surface area contributed by atoms with E-state index in [2.05, 4.69) is 20.7 Å². The number of hydrogen-bond acceptors (Lipinski definition) is 5. The van der Waals surface area contributed by atoms with Crippen molar-refractivity contribution in [3.8, 4) is 0 Å². The minimum atomic E-state index is -1.74. The number of carbonyl (C=O) groups is 1. The Balaban J connectivity index is 1.94. The summed E-state index contributed by atoms with van der Waals surface area (Å²) in [6.45, 7) is 7.61. The average Bonchev–Trinajstić information content (AvgIpc) is 3.04. The Bertz CT molecular complexity index is 607. The average molecular weight is 383 g/mol. The van der Waals surface area contributed by atoms with Gasteiger partial charge in [-0.1, -0.05) is 42.8 Å². The Hall–Kier alpha value is -0.885. The molecule has 2 aliphatic rings. The van der Waals surface area contributed by atoms with Crippen molar-refractivity contribution in [2.45, 2.75) is 20.8 Å². The number of nitrogens with zero attached hydrogens (tertiary/aromatic N) is 1. The molecule has 0 spiro atoms. The van der Waals surface area contributed by atoms with Crippen LogP contribution in [0.15, 0.2) is 22.7 Å². The highest BCUT2D eigenvalue weighted by Gasteiger charge is 2.45. The Labute approximate surface area is 145 Å². The molecule has 126 valence electrons. The second kappa shape index (κ2) is 6.20. The Morgan fingerprint density at radius 2 is 1.96 bits per heavy atom. The first-order valence-electron chi connectivity index (χ1n) is 7.96. The van der Waals surface area contributed by atoms with Gasteiger partial charge in [-0.25, -0.2) is 4.79 Å². The van der Waals surface area contributed by atoms with Crippen LogP contribution in [-0.4, -0.2) is 50.4 Å². The summed E-state index contributed by atoms with van der Waals surface area (Å²) in [6, 6.07) is 5.54. The van der Waals surface area contributed by atoms with Gasteiger partial charge in [-0.2, -0.15) is 0 Å². The molecule has 2 aliphatic heterocycles. The summed E-state index contributed by atoms with van der Waals surface area (Å²) in [5, 5.41) is 0. The normalized spacial score (nSPS) is 20.5. The van der Waals surface area contributed by atoms with Crippen LogP contribution in [0.3, 0.4) is 0 Å². The van der Waals surface area contributed by atoms with Gasteiger partial charge < -0.3 is 18.9 Å². The van der Waals surface area contributed by atoms with Crippen LogP contribution in [0.5, 0.6) is 0 Å². The monoisotopic (exact) mass is 382 g/mol. The van der Waals surface area contributed by atoms with E-state index in [4.69, 9.17) is 14.0 Å². The lowest BCUT2D eigenvalue weighted by atomic mass is 9.61. The van der Waals surface area contributed by atoms with Crippen molar-refractivity contribution in [3.63, 3.8) is 0 Å². The van der Waals surface area contributed by atoms with Gasteiger partial charge in [-0.3, -0.25) is 0 Å². The maximum Gasteiger partial charge on any atom is 0.348 e. The van der Waals surface area contributed by atoms with Crippen molar-refractivity contribution in [2.75, 3.05) is 32.9 Å². The molecule has 0 aromatic heterocycles. The van der Waals surface area contributed by atoms with E-state index in [1.165, 1.54) is 0 Å². The van der Waals surface area contributed by atoms with E-state index in [-0.39, 0.29) is 11.4 Å².